The first-order valence-corrected chi connectivity index (χ1v) is 5.65. The molecule has 2 unspecified atom stereocenters. The van der Waals surface area contributed by atoms with Gasteiger partial charge in [-0.2, -0.15) is 0 Å². The smallest absolute Gasteiger partial charge is 0.0168 e. The Balaban J connectivity index is 1.90. The van der Waals surface area contributed by atoms with Crippen molar-refractivity contribution in [2.75, 3.05) is 13.1 Å². The molecule has 0 aromatic rings. The third-order valence-corrected chi connectivity index (χ3v) is 3.61. The molecule has 2 aliphatic rings. The molecule has 0 bridgehead atoms. The zero-order valence-electron chi connectivity index (χ0n) is 8.92. The van der Waals surface area contributed by atoms with Gasteiger partial charge < -0.3 is 0 Å². The molecule has 2 atom stereocenters. The van der Waals surface area contributed by atoms with Gasteiger partial charge in [-0.05, 0) is 45.6 Å². The number of fused-ring (bicyclic) bond motifs is 1. The second-order valence-electron chi connectivity index (χ2n) is 4.82. The number of hydrogen-bond acceptors (Lipinski definition) is 1. The Kier molecular flexibility index (Phi) is 2.73. The molecule has 0 aromatic heterocycles. The molecule has 0 N–H and O–H groups in total. The minimum Gasteiger partial charge on any atom is -0.296 e. The number of allylic oxidation sites excluding steroid dienone is 1. The van der Waals surface area contributed by atoms with E-state index < -0.39 is 0 Å². The zero-order chi connectivity index (χ0) is 9.26. The summed E-state index contributed by atoms with van der Waals surface area (Å²) in [5, 5.41) is 0. The molecule has 0 spiro atoms. The van der Waals surface area contributed by atoms with E-state index in [1.54, 1.807) is 0 Å². The van der Waals surface area contributed by atoms with Gasteiger partial charge in [0.25, 0.3) is 0 Å². The van der Waals surface area contributed by atoms with Gasteiger partial charge in [0.05, 0.1) is 0 Å². The molecular weight excluding hydrogens is 158 g/mol. The summed E-state index contributed by atoms with van der Waals surface area (Å²) in [7, 11) is 0. The van der Waals surface area contributed by atoms with Crippen molar-refractivity contribution in [3.05, 3.63) is 11.6 Å². The third-order valence-electron chi connectivity index (χ3n) is 3.61. The summed E-state index contributed by atoms with van der Waals surface area (Å²) >= 11 is 0. The highest BCUT2D eigenvalue weighted by molar-refractivity contribution is 4.99. The van der Waals surface area contributed by atoms with Crippen molar-refractivity contribution in [3.8, 4) is 0 Å². The lowest BCUT2D eigenvalue weighted by atomic mass is 10.0. The first kappa shape index (κ1) is 9.26. The zero-order valence-corrected chi connectivity index (χ0v) is 8.92. The molecule has 13 heavy (non-hydrogen) atoms. The van der Waals surface area contributed by atoms with Gasteiger partial charge in [-0.15, -0.1) is 0 Å². The normalized spacial score (nSPS) is 33.4. The first-order chi connectivity index (χ1) is 6.27. The van der Waals surface area contributed by atoms with Gasteiger partial charge in [0.1, 0.15) is 0 Å². The number of hydrogen-bond donors (Lipinski definition) is 0. The van der Waals surface area contributed by atoms with Gasteiger partial charge in [0, 0.05) is 12.6 Å². The van der Waals surface area contributed by atoms with Gasteiger partial charge in [-0.25, -0.2) is 0 Å². The SMILES string of the molecule is CC(C)=CCN1CCC2CCCC21. The van der Waals surface area contributed by atoms with Crippen molar-refractivity contribution in [2.45, 2.75) is 45.6 Å². The number of nitrogens with zero attached hydrogens (tertiary/aromatic N) is 1. The minimum absolute atomic E-state index is 0.940. The van der Waals surface area contributed by atoms with Gasteiger partial charge in [0.15, 0.2) is 0 Å². The van der Waals surface area contributed by atoms with E-state index in [-0.39, 0.29) is 0 Å². The average Bonchev–Trinajstić information content (AvgIpc) is 2.60. The van der Waals surface area contributed by atoms with Crippen LogP contribution >= 0.6 is 0 Å². The molecule has 0 amide bonds. The molecular formula is C12H21N. The van der Waals surface area contributed by atoms with Crippen LogP contribution in [0.25, 0.3) is 0 Å². The monoisotopic (exact) mass is 179 g/mol. The van der Waals surface area contributed by atoms with E-state index in [0.29, 0.717) is 0 Å². The van der Waals surface area contributed by atoms with E-state index in [4.69, 9.17) is 0 Å². The van der Waals surface area contributed by atoms with Crippen LogP contribution in [-0.4, -0.2) is 24.0 Å². The highest BCUT2D eigenvalue weighted by Crippen LogP contribution is 2.37. The summed E-state index contributed by atoms with van der Waals surface area (Å²) in [5.41, 5.74) is 1.46. The molecule has 1 heteroatoms. The maximum Gasteiger partial charge on any atom is 0.0168 e. The summed E-state index contributed by atoms with van der Waals surface area (Å²) in [4.78, 5) is 2.69. The summed E-state index contributed by atoms with van der Waals surface area (Å²) in [6.45, 7) is 6.94. The summed E-state index contributed by atoms with van der Waals surface area (Å²) in [5.74, 6) is 1.05. The van der Waals surface area contributed by atoms with E-state index in [9.17, 15) is 0 Å². The fourth-order valence-electron chi connectivity index (χ4n) is 2.86. The van der Waals surface area contributed by atoms with Gasteiger partial charge >= 0.3 is 0 Å². The Morgan fingerprint density at radius 2 is 2.15 bits per heavy atom. The minimum atomic E-state index is 0.940. The van der Waals surface area contributed by atoms with Crippen LogP contribution < -0.4 is 0 Å². The van der Waals surface area contributed by atoms with Crippen LogP contribution in [0.3, 0.4) is 0 Å². The highest BCUT2D eigenvalue weighted by atomic mass is 15.2. The Labute approximate surface area is 81.8 Å². The second-order valence-corrected chi connectivity index (χ2v) is 4.82. The van der Waals surface area contributed by atoms with Gasteiger partial charge in [-0.3, -0.25) is 4.90 Å². The average molecular weight is 179 g/mol. The van der Waals surface area contributed by atoms with Crippen LogP contribution in [-0.2, 0) is 0 Å². The number of likely N-dealkylation sites (tertiary alicyclic amines) is 1. The van der Waals surface area contributed by atoms with E-state index in [1.165, 1.54) is 44.3 Å². The van der Waals surface area contributed by atoms with Crippen LogP contribution in [0.1, 0.15) is 39.5 Å². The van der Waals surface area contributed by atoms with E-state index in [0.717, 1.165) is 12.0 Å². The van der Waals surface area contributed by atoms with Crippen molar-refractivity contribution < 1.29 is 0 Å². The lowest BCUT2D eigenvalue weighted by Gasteiger charge is -2.21. The third kappa shape index (κ3) is 1.96. The molecule has 74 valence electrons. The summed E-state index contributed by atoms with van der Waals surface area (Å²) in [6, 6.07) is 0.940. The van der Waals surface area contributed by atoms with E-state index in [1.807, 2.05) is 0 Å². The lowest BCUT2D eigenvalue weighted by Crippen LogP contribution is -2.30. The molecule has 1 nitrogen and oxygen atoms in total. The molecule has 0 aromatic carbocycles. The summed E-state index contributed by atoms with van der Waals surface area (Å²) < 4.78 is 0. The molecule has 0 radical (unpaired) electrons. The quantitative estimate of drug-likeness (QED) is 0.589. The Bertz CT molecular complexity index is 203. The predicted molar refractivity (Wildman–Crippen MR) is 56.8 cm³/mol. The Morgan fingerprint density at radius 3 is 2.92 bits per heavy atom. The Hall–Kier alpha value is -0.300. The molecule has 1 saturated carbocycles. The van der Waals surface area contributed by atoms with Crippen molar-refractivity contribution in [3.63, 3.8) is 0 Å². The maximum atomic E-state index is 2.69. The molecule has 2 fully saturated rings. The second kappa shape index (κ2) is 3.83. The van der Waals surface area contributed by atoms with Crippen LogP contribution in [0.5, 0.6) is 0 Å². The largest absolute Gasteiger partial charge is 0.296 e. The summed E-state index contributed by atoms with van der Waals surface area (Å²) in [6.07, 6.45) is 8.26. The lowest BCUT2D eigenvalue weighted by molar-refractivity contribution is 0.266. The van der Waals surface area contributed by atoms with E-state index >= 15 is 0 Å². The van der Waals surface area contributed by atoms with Crippen molar-refractivity contribution in [2.24, 2.45) is 5.92 Å². The molecule has 1 aliphatic carbocycles. The first-order valence-electron chi connectivity index (χ1n) is 5.65. The topological polar surface area (TPSA) is 3.24 Å². The standard InChI is InChI=1S/C12H21N/c1-10(2)6-8-13-9-7-11-4-3-5-12(11)13/h6,11-12H,3-5,7-9H2,1-2H3. The molecule has 2 rings (SSSR count). The van der Waals surface area contributed by atoms with Crippen molar-refractivity contribution in [1.82, 2.24) is 4.90 Å². The maximum absolute atomic E-state index is 2.69. The number of rotatable bonds is 2. The Morgan fingerprint density at radius 1 is 1.31 bits per heavy atom. The van der Waals surface area contributed by atoms with Crippen LogP contribution in [0.4, 0.5) is 0 Å². The van der Waals surface area contributed by atoms with Crippen LogP contribution in [0.15, 0.2) is 11.6 Å². The molecule has 1 aliphatic heterocycles. The van der Waals surface area contributed by atoms with Crippen molar-refractivity contribution in [1.29, 1.82) is 0 Å². The molecule has 1 saturated heterocycles. The predicted octanol–water partition coefficient (Wildman–Crippen LogP) is 2.83. The molecule has 1 heterocycles. The van der Waals surface area contributed by atoms with Crippen LogP contribution in [0.2, 0.25) is 0 Å². The van der Waals surface area contributed by atoms with Crippen LogP contribution in [0, 0.1) is 5.92 Å². The van der Waals surface area contributed by atoms with Gasteiger partial charge in [0.2, 0.25) is 0 Å². The highest BCUT2D eigenvalue weighted by Gasteiger charge is 2.36. The fourth-order valence-corrected chi connectivity index (χ4v) is 2.86. The fraction of sp³-hybridized carbons (Fsp3) is 0.833. The van der Waals surface area contributed by atoms with Crippen molar-refractivity contribution >= 4 is 0 Å². The van der Waals surface area contributed by atoms with Gasteiger partial charge in [-0.1, -0.05) is 18.1 Å². The van der Waals surface area contributed by atoms with E-state index in [2.05, 4.69) is 24.8 Å².